The molecule has 0 saturated heterocycles. The molecule has 8 aromatic carbocycles. The molecule has 2 aromatic heterocycles. The van der Waals surface area contributed by atoms with Crippen LogP contribution in [0, 0.1) is 0 Å². The summed E-state index contributed by atoms with van der Waals surface area (Å²) in [5, 5.41) is 5.07. The Morgan fingerprint density at radius 1 is 0.314 bits per heavy atom. The monoisotopic (exact) mass is 646 g/mol. The minimum Gasteiger partial charge on any atom is -0.309 e. The van der Waals surface area contributed by atoms with E-state index in [1.165, 1.54) is 99.5 Å². The van der Waals surface area contributed by atoms with Gasteiger partial charge in [0, 0.05) is 32.9 Å². The summed E-state index contributed by atoms with van der Waals surface area (Å²) in [6.45, 7) is 0. The summed E-state index contributed by atoms with van der Waals surface area (Å²) in [7, 11) is 0. The number of hydrogen-bond donors (Lipinski definition) is 0. The van der Waals surface area contributed by atoms with Crippen molar-refractivity contribution in [2.45, 2.75) is 5.41 Å². The predicted molar refractivity (Wildman–Crippen MR) is 211 cm³/mol. The van der Waals surface area contributed by atoms with Crippen LogP contribution in [0.3, 0.4) is 0 Å². The first-order chi connectivity index (χ1) is 25.3. The first-order valence-corrected chi connectivity index (χ1v) is 17.8. The maximum absolute atomic E-state index is 2.54. The average molecular weight is 647 g/mol. The fourth-order valence-electron chi connectivity index (χ4n) is 9.85. The van der Waals surface area contributed by atoms with Crippen LogP contribution in [-0.4, -0.2) is 9.13 Å². The van der Waals surface area contributed by atoms with Gasteiger partial charge in [-0.25, -0.2) is 0 Å². The van der Waals surface area contributed by atoms with E-state index >= 15 is 0 Å². The maximum Gasteiger partial charge on any atom is 0.0726 e. The van der Waals surface area contributed by atoms with Crippen LogP contribution in [0.15, 0.2) is 182 Å². The van der Waals surface area contributed by atoms with Gasteiger partial charge in [0.2, 0.25) is 0 Å². The Kier molecular flexibility index (Phi) is 5.20. The van der Waals surface area contributed by atoms with E-state index in [1.54, 1.807) is 0 Å². The van der Waals surface area contributed by atoms with Gasteiger partial charge in [-0.2, -0.15) is 0 Å². The number of rotatable bonds is 2. The number of benzene rings is 8. The molecule has 2 aliphatic carbocycles. The van der Waals surface area contributed by atoms with Gasteiger partial charge in [-0.15, -0.1) is 0 Å². The van der Waals surface area contributed by atoms with Gasteiger partial charge in [0.15, 0.2) is 0 Å². The predicted octanol–water partition coefficient (Wildman–Crippen LogP) is 12.2. The summed E-state index contributed by atoms with van der Waals surface area (Å²) in [5.41, 5.74) is 17.6. The molecule has 10 aromatic rings. The summed E-state index contributed by atoms with van der Waals surface area (Å²) >= 11 is 0. The van der Waals surface area contributed by atoms with E-state index in [0.29, 0.717) is 0 Å². The SMILES string of the molecule is c1ccc(-n2c3ccccc3c3c2ccc2c4ccccc4n(-c4ccc5c(c4)C4(c6ccccc6-c6ccccc64)c4ccccc4-5)c23)cc1. The van der Waals surface area contributed by atoms with Crippen molar-refractivity contribution >= 4 is 43.6 Å². The first-order valence-electron chi connectivity index (χ1n) is 17.8. The van der Waals surface area contributed by atoms with Crippen LogP contribution in [0.1, 0.15) is 22.3 Å². The van der Waals surface area contributed by atoms with E-state index in [2.05, 4.69) is 191 Å². The van der Waals surface area contributed by atoms with Gasteiger partial charge < -0.3 is 9.13 Å². The highest BCUT2D eigenvalue weighted by atomic mass is 15.0. The lowest BCUT2D eigenvalue weighted by Crippen LogP contribution is -2.26. The Labute approximate surface area is 295 Å². The second-order valence-electron chi connectivity index (χ2n) is 14.0. The van der Waals surface area contributed by atoms with E-state index in [-0.39, 0.29) is 0 Å². The van der Waals surface area contributed by atoms with Gasteiger partial charge in [-0.05, 0) is 87.0 Å². The molecule has 2 aliphatic rings. The van der Waals surface area contributed by atoms with Crippen molar-refractivity contribution in [1.82, 2.24) is 9.13 Å². The molecule has 0 atom stereocenters. The van der Waals surface area contributed by atoms with Crippen molar-refractivity contribution in [2.75, 3.05) is 0 Å². The van der Waals surface area contributed by atoms with Gasteiger partial charge >= 0.3 is 0 Å². The van der Waals surface area contributed by atoms with Crippen LogP contribution in [0.4, 0.5) is 0 Å². The van der Waals surface area contributed by atoms with E-state index in [0.717, 1.165) is 0 Å². The van der Waals surface area contributed by atoms with Gasteiger partial charge in [-0.3, -0.25) is 0 Å². The standard InChI is InChI=1S/C49H30N2/c1-2-14-31(15-3-1)50-45-25-13-8-20-39(45)47-46(50)29-28-38-37-19-7-12-24-44(37)51(48(38)47)32-26-27-36-35-18-6-11-23-42(35)49(43(36)30-32)40-21-9-4-16-33(40)34-17-5-10-22-41(34)49/h1-30H. The Balaban J connectivity index is 1.23. The van der Waals surface area contributed by atoms with E-state index in [9.17, 15) is 0 Å². The van der Waals surface area contributed by atoms with Crippen molar-refractivity contribution in [1.29, 1.82) is 0 Å². The lowest BCUT2D eigenvalue weighted by Gasteiger charge is -2.30. The molecule has 0 aliphatic heterocycles. The molecule has 0 N–H and O–H groups in total. The van der Waals surface area contributed by atoms with Gasteiger partial charge in [0.25, 0.3) is 0 Å². The van der Waals surface area contributed by atoms with Crippen molar-refractivity contribution in [3.05, 3.63) is 204 Å². The second-order valence-corrected chi connectivity index (χ2v) is 14.0. The smallest absolute Gasteiger partial charge is 0.0726 e. The zero-order valence-corrected chi connectivity index (χ0v) is 27.7. The van der Waals surface area contributed by atoms with Gasteiger partial charge in [-0.1, -0.05) is 140 Å². The van der Waals surface area contributed by atoms with Crippen LogP contribution in [-0.2, 0) is 5.41 Å². The lowest BCUT2D eigenvalue weighted by molar-refractivity contribution is 0.792. The van der Waals surface area contributed by atoms with Crippen LogP contribution in [0.2, 0.25) is 0 Å². The molecule has 0 bridgehead atoms. The lowest BCUT2D eigenvalue weighted by atomic mass is 9.70. The Morgan fingerprint density at radius 2 is 0.843 bits per heavy atom. The minimum absolute atomic E-state index is 0.396. The van der Waals surface area contributed by atoms with E-state index in [1.807, 2.05) is 0 Å². The number of nitrogens with zero attached hydrogens (tertiary/aromatic N) is 2. The normalized spacial score (nSPS) is 13.6. The van der Waals surface area contributed by atoms with Crippen molar-refractivity contribution in [3.8, 4) is 33.6 Å². The molecule has 2 heterocycles. The van der Waals surface area contributed by atoms with Gasteiger partial charge in [0.1, 0.15) is 0 Å². The summed E-state index contributed by atoms with van der Waals surface area (Å²) in [4.78, 5) is 0. The van der Waals surface area contributed by atoms with Gasteiger partial charge in [0.05, 0.1) is 27.5 Å². The van der Waals surface area contributed by atoms with Crippen LogP contribution >= 0.6 is 0 Å². The van der Waals surface area contributed by atoms with E-state index in [4.69, 9.17) is 0 Å². The fourth-order valence-corrected chi connectivity index (χ4v) is 9.85. The molecule has 51 heavy (non-hydrogen) atoms. The molecular weight excluding hydrogens is 617 g/mol. The molecule has 0 unspecified atom stereocenters. The largest absolute Gasteiger partial charge is 0.309 e. The highest BCUT2D eigenvalue weighted by Gasteiger charge is 2.51. The van der Waals surface area contributed by atoms with E-state index < -0.39 is 5.41 Å². The summed E-state index contributed by atoms with van der Waals surface area (Å²) in [6, 6.07) is 67.6. The maximum atomic E-state index is 2.54. The molecule has 12 rings (SSSR count). The summed E-state index contributed by atoms with van der Waals surface area (Å²) in [5.74, 6) is 0. The summed E-state index contributed by atoms with van der Waals surface area (Å²) in [6.07, 6.45) is 0. The third-order valence-electron chi connectivity index (χ3n) is 11.7. The molecular formula is C49H30N2. The summed E-state index contributed by atoms with van der Waals surface area (Å²) < 4.78 is 4.96. The molecule has 1 spiro atoms. The molecule has 0 radical (unpaired) electrons. The zero-order chi connectivity index (χ0) is 33.3. The second kappa shape index (κ2) is 9.74. The molecule has 2 nitrogen and oxygen atoms in total. The topological polar surface area (TPSA) is 9.86 Å². The Hall–Kier alpha value is -6.64. The molecule has 0 amide bonds. The molecule has 236 valence electrons. The molecule has 2 heteroatoms. The average Bonchev–Trinajstić information content (AvgIpc) is 3.90. The highest BCUT2D eigenvalue weighted by Crippen LogP contribution is 2.63. The quantitative estimate of drug-likeness (QED) is 0.177. The number of para-hydroxylation sites is 3. The van der Waals surface area contributed by atoms with Crippen molar-refractivity contribution in [3.63, 3.8) is 0 Å². The third-order valence-corrected chi connectivity index (χ3v) is 11.7. The third kappa shape index (κ3) is 3.28. The number of aromatic nitrogens is 2. The number of hydrogen-bond acceptors (Lipinski definition) is 0. The Morgan fingerprint density at radius 3 is 1.51 bits per heavy atom. The number of fused-ring (bicyclic) bond motifs is 17. The minimum atomic E-state index is -0.396. The Bertz CT molecular complexity index is 3020. The van der Waals surface area contributed by atoms with Crippen molar-refractivity contribution in [2.24, 2.45) is 0 Å². The van der Waals surface area contributed by atoms with Crippen LogP contribution in [0.25, 0.3) is 77.2 Å². The van der Waals surface area contributed by atoms with Crippen molar-refractivity contribution < 1.29 is 0 Å². The molecule has 0 saturated carbocycles. The fraction of sp³-hybridized carbons (Fsp3) is 0.0204. The highest BCUT2D eigenvalue weighted by molar-refractivity contribution is 6.26. The van der Waals surface area contributed by atoms with Crippen LogP contribution < -0.4 is 0 Å². The first kappa shape index (κ1) is 27.2. The van der Waals surface area contributed by atoms with Crippen LogP contribution in [0.5, 0.6) is 0 Å². The molecule has 0 fully saturated rings. The zero-order valence-electron chi connectivity index (χ0n) is 27.7.